The molecule has 3 aromatic carbocycles. The number of benzene rings is 3. The molecule has 2 aromatic heterocycles. The molecule has 4 nitrogen and oxygen atoms in total. The Labute approximate surface area is 223 Å². The summed E-state index contributed by atoms with van der Waals surface area (Å²) in [4.78, 5) is 14.3. The fraction of sp³-hybridized carbons (Fsp3) is 0.219. The molecule has 0 fully saturated rings. The zero-order valence-electron chi connectivity index (χ0n) is 21.3. The van der Waals surface area contributed by atoms with E-state index in [-0.39, 0.29) is 0 Å². The summed E-state index contributed by atoms with van der Waals surface area (Å²) in [5, 5.41) is 0.815. The van der Waals surface area contributed by atoms with E-state index < -0.39 is 0 Å². The van der Waals surface area contributed by atoms with Crippen LogP contribution >= 0.6 is 11.8 Å². The highest BCUT2D eigenvalue weighted by atomic mass is 32.2. The number of nitrogens with zero attached hydrogens (tertiary/aromatic N) is 4. The maximum absolute atomic E-state index is 4.83. The number of thioether (sulfide) groups is 1. The molecule has 0 spiro atoms. The van der Waals surface area contributed by atoms with E-state index in [1.807, 2.05) is 18.6 Å². The average molecular weight is 505 g/mol. The summed E-state index contributed by atoms with van der Waals surface area (Å²) >= 11 is 1.59. The molecule has 0 unspecified atom stereocenters. The summed E-state index contributed by atoms with van der Waals surface area (Å²) in [6, 6.07) is 31.8. The predicted octanol–water partition coefficient (Wildman–Crippen LogP) is 7.83. The minimum absolute atomic E-state index is 0.763. The minimum Gasteiger partial charge on any atom is -0.311 e. The van der Waals surface area contributed by atoms with Gasteiger partial charge < -0.3 is 4.57 Å². The van der Waals surface area contributed by atoms with E-state index in [0.29, 0.717) is 0 Å². The Balaban J connectivity index is 1.23. The topological polar surface area (TPSA) is 43.6 Å². The highest BCUT2D eigenvalue weighted by Gasteiger charge is 2.13. The van der Waals surface area contributed by atoms with Crippen LogP contribution in [0.2, 0.25) is 0 Å². The fourth-order valence-electron chi connectivity index (χ4n) is 4.64. The quantitative estimate of drug-likeness (QED) is 0.104. The van der Waals surface area contributed by atoms with Crippen LogP contribution in [0.15, 0.2) is 109 Å². The molecule has 0 aliphatic heterocycles. The van der Waals surface area contributed by atoms with Gasteiger partial charge in [-0.15, -0.1) is 0 Å². The van der Waals surface area contributed by atoms with Crippen LogP contribution in [0, 0.1) is 0 Å². The van der Waals surface area contributed by atoms with Crippen molar-refractivity contribution in [2.45, 2.75) is 43.8 Å². The van der Waals surface area contributed by atoms with Crippen LogP contribution in [0.3, 0.4) is 0 Å². The van der Waals surface area contributed by atoms with Gasteiger partial charge in [-0.1, -0.05) is 115 Å². The first-order valence-corrected chi connectivity index (χ1v) is 14.1. The van der Waals surface area contributed by atoms with Gasteiger partial charge in [0, 0.05) is 0 Å². The first kappa shape index (κ1) is 25.0. The van der Waals surface area contributed by atoms with Gasteiger partial charge in [0.25, 0.3) is 0 Å². The van der Waals surface area contributed by atoms with Crippen LogP contribution in [0.25, 0.3) is 16.7 Å². The summed E-state index contributed by atoms with van der Waals surface area (Å²) in [5.41, 5.74) is 8.02. The number of rotatable bonds is 11. The van der Waals surface area contributed by atoms with E-state index in [0.717, 1.165) is 60.7 Å². The largest absolute Gasteiger partial charge is 0.311 e. The van der Waals surface area contributed by atoms with Crippen molar-refractivity contribution in [3.05, 3.63) is 126 Å². The van der Waals surface area contributed by atoms with Gasteiger partial charge in [-0.2, -0.15) is 0 Å². The molecule has 0 bridgehead atoms. The first-order valence-electron chi connectivity index (χ1n) is 12.9. The lowest BCUT2D eigenvalue weighted by atomic mass is 9.96. The molecule has 0 aliphatic rings. The van der Waals surface area contributed by atoms with E-state index in [9.17, 15) is 0 Å². The Morgan fingerprint density at radius 3 is 2.08 bits per heavy atom. The number of fused-ring (bicyclic) bond motifs is 1. The van der Waals surface area contributed by atoms with Crippen LogP contribution < -0.4 is 0 Å². The van der Waals surface area contributed by atoms with Crippen LogP contribution in [-0.2, 0) is 13.0 Å². The summed E-state index contributed by atoms with van der Waals surface area (Å²) in [6.07, 6.45) is 11.7. The van der Waals surface area contributed by atoms with Gasteiger partial charge in [0.1, 0.15) is 5.52 Å². The van der Waals surface area contributed by atoms with E-state index in [4.69, 9.17) is 15.0 Å². The van der Waals surface area contributed by atoms with Crippen molar-refractivity contribution in [3.8, 4) is 0 Å². The zero-order chi connectivity index (χ0) is 25.3. The monoisotopic (exact) mass is 504 g/mol. The minimum atomic E-state index is 0.763. The Morgan fingerprint density at radius 1 is 0.784 bits per heavy atom. The molecule has 0 saturated heterocycles. The van der Waals surface area contributed by atoms with Crippen molar-refractivity contribution >= 4 is 28.5 Å². The van der Waals surface area contributed by atoms with Crippen molar-refractivity contribution in [2.75, 3.05) is 6.26 Å². The van der Waals surface area contributed by atoms with Crippen molar-refractivity contribution in [3.63, 3.8) is 0 Å². The lowest BCUT2D eigenvalue weighted by Gasteiger charge is -2.09. The molecular weight excluding hydrogens is 472 g/mol. The highest BCUT2D eigenvalue weighted by Crippen LogP contribution is 2.25. The van der Waals surface area contributed by atoms with E-state index in [2.05, 4.69) is 95.6 Å². The third kappa shape index (κ3) is 6.36. The zero-order valence-corrected chi connectivity index (χ0v) is 22.1. The van der Waals surface area contributed by atoms with Gasteiger partial charge in [-0.05, 0) is 54.2 Å². The Bertz CT molecular complexity index is 1400. The number of aryl methyl sites for hydroxylation is 1. The second-order valence-electron chi connectivity index (χ2n) is 9.14. The number of aromatic nitrogens is 4. The molecule has 0 N–H and O–H groups in total. The Kier molecular flexibility index (Phi) is 8.44. The number of hydrogen-bond acceptors (Lipinski definition) is 4. The Hall–Kier alpha value is -3.70. The smallest absolute Gasteiger partial charge is 0.189 e. The van der Waals surface area contributed by atoms with E-state index in [1.165, 1.54) is 22.3 Å². The van der Waals surface area contributed by atoms with Crippen LogP contribution in [0.5, 0.6) is 0 Å². The number of hydrogen-bond donors (Lipinski definition) is 0. The number of allylic oxidation sites excluding steroid dienone is 1. The predicted molar refractivity (Wildman–Crippen MR) is 155 cm³/mol. The molecule has 5 heteroatoms. The molecule has 37 heavy (non-hydrogen) atoms. The summed E-state index contributed by atoms with van der Waals surface area (Å²) in [5.74, 6) is 0. The second-order valence-corrected chi connectivity index (χ2v) is 9.91. The van der Waals surface area contributed by atoms with Crippen molar-refractivity contribution < 1.29 is 0 Å². The highest BCUT2D eigenvalue weighted by molar-refractivity contribution is 7.98. The maximum Gasteiger partial charge on any atom is 0.189 e. The summed E-state index contributed by atoms with van der Waals surface area (Å²) < 4.78 is 2.13. The Morgan fingerprint density at radius 2 is 1.43 bits per heavy atom. The van der Waals surface area contributed by atoms with Gasteiger partial charge in [-0.25, -0.2) is 15.0 Å². The molecule has 186 valence electrons. The lowest BCUT2D eigenvalue weighted by molar-refractivity contribution is 0.676. The molecule has 2 heterocycles. The van der Waals surface area contributed by atoms with Gasteiger partial charge >= 0.3 is 0 Å². The van der Waals surface area contributed by atoms with Crippen molar-refractivity contribution in [1.82, 2.24) is 19.5 Å². The summed E-state index contributed by atoms with van der Waals surface area (Å²) in [6.45, 7) is 0.763. The van der Waals surface area contributed by atoms with Crippen LogP contribution in [0.1, 0.15) is 48.1 Å². The lowest BCUT2D eigenvalue weighted by Crippen LogP contribution is -2.02. The second kappa shape index (κ2) is 12.5. The first-order chi connectivity index (χ1) is 18.3. The summed E-state index contributed by atoms with van der Waals surface area (Å²) in [7, 11) is 0. The SMILES string of the molecule is CSc1nc(CCCCCC=C(c2ccccc2)c2ccccc2)c2ncn(Cc3ccccc3)c2n1. The molecule has 5 rings (SSSR count). The standard InChI is InChI=1S/C32H32N4S/c1-37-32-34-29(30-31(35-32)36(24-33-30)23-25-15-7-4-8-16-25)22-14-3-2-13-21-28(26-17-9-5-10-18-26)27-19-11-6-12-20-27/h4-12,15-21,24H,2-3,13-14,22-23H2,1H3. The number of unbranched alkanes of at least 4 members (excludes halogenated alkanes) is 3. The molecule has 5 aromatic rings. The fourth-order valence-corrected chi connectivity index (χ4v) is 5.02. The van der Waals surface area contributed by atoms with Gasteiger partial charge in [0.15, 0.2) is 10.8 Å². The number of imidazole rings is 1. The normalized spacial score (nSPS) is 11.1. The molecule has 0 atom stereocenters. The van der Waals surface area contributed by atoms with Gasteiger partial charge in [0.2, 0.25) is 0 Å². The van der Waals surface area contributed by atoms with Gasteiger partial charge in [-0.3, -0.25) is 0 Å². The van der Waals surface area contributed by atoms with Crippen molar-refractivity contribution in [2.24, 2.45) is 0 Å². The molecular formula is C32H32N4S. The van der Waals surface area contributed by atoms with Crippen LogP contribution in [0.4, 0.5) is 0 Å². The van der Waals surface area contributed by atoms with E-state index >= 15 is 0 Å². The van der Waals surface area contributed by atoms with Gasteiger partial charge in [0.05, 0.1) is 18.6 Å². The van der Waals surface area contributed by atoms with Crippen molar-refractivity contribution in [1.29, 1.82) is 0 Å². The third-order valence-electron chi connectivity index (χ3n) is 6.53. The third-order valence-corrected chi connectivity index (χ3v) is 7.08. The van der Waals surface area contributed by atoms with E-state index in [1.54, 1.807) is 11.8 Å². The average Bonchev–Trinajstić information content (AvgIpc) is 3.36. The molecule has 0 radical (unpaired) electrons. The molecule has 0 saturated carbocycles. The van der Waals surface area contributed by atoms with Crippen LogP contribution in [-0.4, -0.2) is 25.8 Å². The molecule has 0 amide bonds. The maximum atomic E-state index is 4.83. The molecule has 0 aliphatic carbocycles.